The Morgan fingerprint density at radius 2 is 1.29 bits per heavy atom. The van der Waals surface area contributed by atoms with E-state index in [1.165, 1.54) is 0 Å². The van der Waals surface area contributed by atoms with Gasteiger partial charge in [0.2, 0.25) is 0 Å². The number of carbonyl (C=O) groups excluding carboxylic acids is 1. The summed E-state index contributed by atoms with van der Waals surface area (Å²) in [5.41, 5.74) is 1.08. The molecule has 0 bridgehead atoms. The molecule has 0 aliphatic carbocycles. The van der Waals surface area contributed by atoms with Gasteiger partial charge in [0.1, 0.15) is 19.0 Å². The Morgan fingerprint density at radius 3 is 1.86 bits per heavy atom. The number of hydrogen-bond donors (Lipinski definition) is 0. The first kappa shape index (κ1) is 22.0. The Morgan fingerprint density at radius 1 is 0.750 bits per heavy atom. The van der Waals surface area contributed by atoms with Gasteiger partial charge in [-0.1, -0.05) is 90.1 Å². The highest BCUT2D eigenvalue weighted by atomic mass is 16.6. The Kier molecular flexibility index (Phi) is 6.59. The molecule has 3 heteroatoms. The minimum absolute atomic E-state index is 0.174. The molecule has 0 heterocycles. The van der Waals surface area contributed by atoms with Crippen LogP contribution in [0.4, 0.5) is 0 Å². The van der Waals surface area contributed by atoms with Crippen molar-refractivity contribution in [2.75, 3.05) is 13.2 Å². The standard InChI is InChI=1S/C25H34O3/c1-23(2,3)25(7,24(4,5)6)22(26)28-18-17-27-21-16-12-11-15-20(21)19-13-9-8-10-14-19/h8-16H,17-18H2,1-7H3. The Labute approximate surface area is 170 Å². The van der Waals surface area contributed by atoms with E-state index < -0.39 is 5.41 Å². The summed E-state index contributed by atoms with van der Waals surface area (Å²) in [4.78, 5) is 13.0. The van der Waals surface area contributed by atoms with Crippen LogP contribution in [0.5, 0.6) is 5.75 Å². The predicted molar refractivity (Wildman–Crippen MR) is 115 cm³/mol. The molecule has 152 valence electrons. The van der Waals surface area contributed by atoms with Crippen LogP contribution in [0.1, 0.15) is 48.5 Å². The van der Waals surface area contributed by atoms with Crippen molar-refractivity contribution < 1.29 is 14.3 Å². The van der Waals surface area contributed by atoms with E-state index in [0.29, 0.717) is 6.61 Å². The van der Waals surface area contributed by atoms with Crippen molar-refractivity contribution in [3.8, 4) is 16.9 Å². The normalized spacial score (nSPS) is 12.5. The molecule has 0 fully saturated rings. The zero-order valence-electron chi connectivity index (χ0n) is 18.3. The largest absolute Gasteiger partial charge is 0.489 e. The molecule has 3 nitrogen and oxygen atoms in total. The van der Waals surface area contributed by atoms with Crippen molar-refractivity contribution in [2.45, 2.75) is 48.5 Å². The number of esters is 1. The summed E-state index contributed by atoms with van der Waals surface area (Å²) < 4.78 is 11.6. The molecule has 0 aliphatic rings. The minimum Gasteiger partial charge on any atom is -0.489 e. The van der Waals surface area contributed by atoms with Crippen LogP contribution in [-0.4, -0.2) is 19.2 Å². The highest BCUT2D eigenvalue weighted by molar-refractivity contribution is 5.78. The first-order valence-corrected chi connectivity index (χ1v) is 9.93. The molecular formula is C25H34O3. The maximum atomic E-state index is 13.0. The second-order valence-electron chi connectivity index (χ2n) is 9.47. The molecule has 0 radical (unpaired) electrons. The molecule has 0 atom stereocenters. The van der Waals surface area contributed by atoms with Gasteiger partial charge in [0.25, 0.3) is 0 Å². The third kappa shape index (κ3) is 4.57. The maximum Gasteiger partial charge on any atom is 0.312 e. The molecule has 0 spiro atoms. The van der Waals surface area contributed by atoms with Gasteiger partial charge < -0.3 is 9.47 Å². The third-order valence-electron chi connectivity index (χ3n) is 5.95. The third-order valence-corrected chi connectivity index (χ3v) is 5.95. The van der Waals surface area contributed by atoms with Crippen LogP contribution in [0.2, 0.25) is 0 Å². The minimum atomic E-state index is -0.609. The lowest BCUT2D eigenvalue weighted by Crippen LogP contribution is -2.51. The van der Waals surface area contributed by atoms with Gasteiger partial charge in [-0.15, -0.1) is 0 Å². The van der Waals surface area contributed by atoms with E-state index in [-0.39, 0.29) is 23.4 Å². The van der Waals surface area contributed by atoms with Gasteiger partial charge >= 0.3 is 5.97 Å². The van der Waals surface area contributed by atoms with E-state index in [2.05, 4.69) is 53.7 Å². The highest BCUT2D eigenvalue weighted by Crippen LogP contribution is 2.52. The summed E-state index contributed by atoms with van der Waals surface area (Å²) >= 11 is 0. The topological polar surface area (TPSA) is 35.5 Å². The Hall–Kier alpha value is -2.29. The average Bonchev–Trinajstić information content (AvgIpc) is 2.63. The van der Waals surface area contributed by atoms with Crippen LogP contribution in [0.25, 0.3) is 11.1 Å². The second kappa shape index (κ2) is 8.38. The van der Waals surface area contributed by atoms with Crippen molar-refractivity contribution in [3.63, 3.8) is 0 Å². The molecule has 0 aromatic heterocycles. The summed E-state index contributed by atoms with van der Waals surface area (Å²) in [6.45, 7) is 15.1. The van der Waals surface area contributed by atoms with Crippen molar-refractivity contribution in [2.24, 2.45) is 16.2 Å². The van der Waals surface area contributed by atoms with Crippen LogP contribution < -0.4 is 4.74 Å². The molecule has 2 aromatic rings. The summed E-state index contributed by atoms with van der Waals surface area (Å²) in [7, 11) is 0. The van der Waals surface area contributed by atoms with Gasteiger partial charge in [0.05, 0.1) is 5.41 Å². The smallest absolute Gasteiger partial charge is 0.312 e. The van der Waals surface area contributed by atoms with Gasteiger partial charge in [0, 0.05) is 5.56 Å². The van der Waals surface area contributed by atoms with Gasteiger partial charge in [-0.25, -0.2) is 0 Å². The number of para-hydroxylation sites is 1. The van der Waals surface area contributed by atoms with Gasteiger partial charge in [-0.05, 0) is 29.4 Å². The fourth-order valence-electron chi connectivity index (χ4n) is 3.62. The van der Waals surface area contributed by atoms with Crippen LogP contribution >= 0.6 is 0 Å². The van der Waals surface area contributed by atoms with Gasteiger partial charge in [-0.2, -0.15) is 0 Å². The first-order chi connectivity index (χ1) is 13.0. The fourth-order valence-corrected chi connectivity index (χ4v) is 3.62. The summed E-state index contributed by atoms with van der Waals surface area (Å²) in [5.74, 6) is 0.617. The molecule has 2 aromatic carbocycles. The fraction of sp³-hybridized carbons (Fsp3) is 0.480. The summed E-state index contributed by atoms with van der Waals surface area (Å²) in [6, 6.07) is 18.0. The number of benzene rings is 2. The van der Waals surface area contributed by atoms with Crippen LogP contribution in [0.15, 0.2) is 54.6 Å². The lowest BCUT2D eigenvalue weighted by Gasteiger charge is -2.48. The van der Waals surface area contributed by atoms with Gasteiger partial charge in [-0.3, -0.25) is 4.79 Å². The quantitative estimate of drug-likeness (QED) is 0.430. The maximum absolute atomic E-state index is 13.0. The molecule has 0 amide bonds. The van der Waals surface area contributed by atoms with E-state index >= 15 is 0 Å². The van der Waals surface area contributed by atoms with E-state index in [9.17, 15) is 4.79 Å². The lowest BCUT2D eigenvalue weighted by molar-refractivity contribution is -0.173. The molecular weight excluding hydrogens is 348 g/mol. The zero-order chi connectivity index (χ0) is 21.0. The molecule has 28 heavy (non-hydrogen) atoms. The predicted octanol–water partition coefficient (Wildman–Crippen LogP) is 6.37. The summed E-state index contributed by atoms with van der Waals surface area (Å²) in [6.07, 6.45) is 0. The number of rotatable bonds is 6. The number of carbonyl (C=O) groups is 1. The van der Waals surface area contributed by atoms with Crippen LogP contribution in [0.3, 0.4) is 0 Å². The van der Waals surface area contributed by atoms with Gasteiger partial charge in [0.15, 0.2) is 0 Å². The van der Waals surface area contributed by atoms with E-state index in [1.54, 1.807) is 0 Å². The molecule has 0 N–H and O–H groups in total. The first-order valence-electron chi connectivity index (χ1n) is 9.93. The molecule has 0 saturated carbocycles. The number of hydrogen-bond acceptors (Lipinski definition) is 3. The van der Waals surface area contributed by atoms with E-state index in [1.807, 2.05) is 49.4 Å². The molecule has 0 unspecified atom stereocenters. The molecule has 2 rings (SSSR count). The SMILES string of the molecule is CC(C)(C)C(C)(C(=O)OCCOc1ccccc1-c1ccccc1)C(C)(C)C. The van der Waals surface area contributed by atoms with Crippen molar-refractivity contribution in [3.05, 3.63) is 54.6 Å². The summed E-state index contributed by atoms with van der Waals surface area (Å²) in [5, 5.41) is 0. The second-order valence-corrected chi connectivity index (χ2v) is 9.47. The monoisotopic (exact) mass is 382 g/mol. The van der Waals surface area contributed by atoms with Crippen LogP contribution in [0, 0.1) is 16.2 Å². The zero-order valence-corrected chi connectivity index (χ0v) is 18.3. The van der Waals surface area contributed by atoms with Crippen molar-refractivity contribution in [1.29, 1.82) is 0 Å². The van der Waals surface area contributed by atoms with E-state index in [4.69, 9.17) is 9.47 Å². The van der Waals surface area contributed by atoms with Crippen LogP contribution in [-0.2, 0) is 9.53 Å². The average molecular weight is 383 g/mol. The van der Waals surface area contributed by atoms with Crippen molar-refractivity contribution in [1.82, 2.24) is 0 Å². The van der Waals surface area contributed by atoms with E-state index in [0.717, 1.165) is 16.9 Å². The lowest BCUT2D eigenvalue weighted by atomic mass is 9.55. The Balaban J connectivity index is 2.03. The number of ether oxygens (including phenoxy) is 2. The Bertz CT molecular complexity index is 765. The van der Waals surface area contributed by atoms with Crippen molar-refractivity contribution >= 4 is 5.97 Å². The highest BCUT2D eigenvalue weighted by Gasteiger charge is 2.53. The molecule has 0 saturated heterocycles. The molecule has 0 aliphatic heterocycles.